The molecule has 76 valence electrons. The molecule has 14 heavy (non-hydrogen) atoms. The number of nitrogens with zero attached hydrogens (tertiary/aromatic N) is 1. The highest BCUT2D eigenvalue weighted by atomic mass is 79.9. The Morgan fingerprint density at radius 3 is 3.29 bits per heavy atom. The second-order valence-corrected chi connectivity index (χ2v) is 4.37. The molecule has 0 aliphatic carbocycles. The van der Waals surface area contributed by atoms with E-state index in [2.05, 4.69) is 37.6 Å². The second kappa shape index (κ2) is 4.87. The molecule has 0 aromatic carbocycles. The minimum absolute atomic E-state index is 0.627. The van der Waals surface area contributed by atoms with Crippen molar-refractivity contribution < 1.29 is 0 Å². The topological polar surface area (TPSA) is 37.0 Å². The molecule has 1 fully saturated rings. The molecule has 1 aliphatic heterocycles. The Bertz CT molecular complexity index is 297. The first kappa shape index (κ1) is 10.1. The minimum Gasteiger partial charge on any atom is -0.315 e. The van der Waals surface area contributed by atoms with Crippen molar-refractivity contribution in [3.05, 3.63) is 28.5 Å². The zero-order valence-electron chi connectivity index (χ0n) is 7.96. The predicted molar refractivity (Wildman–Crippen MR) is 60.1 cm³/mol. The van der Waals surface area contributed by atoms with E-state index >= 15 is 0 Å². The van der Waals surface area contributed by atoms with Crippen LogP contribution in [0.25, 0.3) is 0 Å². The largest absolute Gasteiger partial charge is 0.315 e. The molecule has 2 N–H and O–H groups in total. The van der Waals surface area contributed by atoms with Gasteiger partial charge in [0.05, 0.1) is 0 Å². The summed E-state index contributed by atoms with van der Waals surface area (Å²) in [7, 11) is 0. The average molecular weight is 256 g/mol. The highest BCUT2D eigenvalue weighted by Crippen LogP contribution is 2.08. The SMILES string of the molecule is Brc1cc(CN[C@H]2CCNC2)ccn1. The summed E-state index contributed by atoms with van der Waals surface area (Å²) in [5.74, 6) is 0. The summed E-state index contributed by atoms with van der Waals surface area (Å²) in [4.78, 5) is 4.10. The third kappa shape index (κ3) is 2.77. The summed E-state index contributed by atoms with van der Waals surface area (Å²) in [6, 6.07) is 4.72. The zero-order chi connectivity index (χ0) is 9.80. The van der Waals surface area contributed by atoms with Gasteiger partial charge in [-0.05, 0) is 46.6 Å². The molecule has 0 amide bonds. The van der Waals surface area contributed by atoms with Crippen LogP contribution in [0.4, 0.5) is 0 Å². The molecule has 0 saturated carbocycles. The van der Waals surface area contributed by atoms with Gasteiger partial charge in [0.15, 0.2) is 0 Å². The maximum Gasteiger partial charge on any atom is 0.106 e. The summed E-state index contributed by atoms with van der Waals surface area (Å²) < 4.78 is 0.904. The van der Waals surface area contributed by atoms with Gasteiger partial charge in [0.25, 0.3) is 0 Å². The molecule has 4 heteroatoms. The molecule has 0 spiro atoms. The van der Waals surface area contributed by atoms with Crippen molar-refractivity contribution in [2.45, 2.75) is 19.0 Å². The lowest BCUT2D eigenvalue weighted by molar-refractivity contribution is 0.547. The first-order valence-electron chi connectivity index (χ1n) is 4.89. The molecule has 3 nitrogen and oxygen atoms in total. The van der Waals surface area contributed by atoms with Crippen molar-refractivity contribution in [2.24, 2.45) is 0 Å². The summed E-state index contributed by atoms with van der Waals surface area (Å²) >= 11 is 3.36. The van der Waals surface area contributed by atoms with Crippen molar-refractivity contribution in [3.63, 3.8) is 0 Å². The van der Waals surface area contributed by atoms with Gasteiger partial charge in [0, 0.05) is 25.3 Å². The molecular weight excluding hydrogens is 242 g/mol. The standard InChI is InChI=1S/C10H14BrN3/c11-10-5-8(1-4-13-10)6-14-9-2-3-12-7-9/h1,4-5,9,12,14H,2-3,6-7H2/t9-/m0/s1. The van der Waals surface area contributed by atoms with Gasteiger partial charge in [-0.25, -0.2) is 4.98 Å². The number of nitrogens with one attached hydrogen (secondary N) is 2. The second-order valence-electron chi connectivity index (χ2n) is 3.56. The number of rotatable bonds is 3. The van der Waals surface area contributed by atoms with Gasteiger partial charge < -0.3 is 10.6 Å². The Morgan fingerprint density at radius 1 is 1.64 bits per heavy atom. The monoisotopic (exact) mass is 255 g/mol. The van der Waals surface area contributed by atoms with E-state index in [4.69, 9.17) is 0 Å². The van der Waals surface area contributed by atoms with Crippen molar-refractivity contribution in [1.82, 2.24) is 15.6 Å². The van der Waals surface area contributed by atoms with Crippen LogP contribution in [0.3, 0.4) is 0 Å². The van der Waals surface area contributed by atoms with E-state index < -0.39 is 0 Å². The molecule has 1 aromatic rings. The lowest BCUT2D eigenvalue weighted by Gasteiger charge is -2.10. The van der Waals surface area contributed by atoms with Gasteiger partial charge in [-0.2, -0.15) is 0 Å². The van der Waals surface area contributed by atoms with E-state index in [0.29, 0.717) is 6.04 Å². The Kier molecular flexibility index (Phi) is 3.50. The van der Waals surface area contributed by atoms with Crippen LogP contribution in [-0.2, 0) is 6.54 Å². The van der Waals surface area contributed by atoms with Gasteiger partial charge in [0.2, 0.25) is 0 Å². The Labute approximate surface area is 92.4 Å². The molecule has 1 atom stereocenters. The summed E-state index contributed by atoms with van der Waals surface area (Å²) in [6.45, 7) is 3.15. The van der Waals surface area contributed by atoms with E-state index in [9.17, 15) is 0 Å². The molecule has 1 saturated heterocycles. The predicted octanol–water partition coefficient (Wildman–Crippen LogP) is 1.30. The van der Waals surface area contributed by atoms with E-state index in [1.807, 2.05) is 12.3 Å². The first-order chi connectivity index (χ1) is 6.84. The average Bonchev–Trinajstić information content (AvgIpc) is 2.67. The van der Waals surface area contributed by atoms with Crippen LogP contribution in [0.5, 0.6) is 0 Å². The van der Waals surface area contributed by atoms with E-state index in [-0.39, 0.29) is 0 Å². The van der Waals surface area contributed by atoms with Crippen molar-refractivity contribution in [1.29, 1.82) is 0 Å². The molecule has 0 unspecified atom stereocenters. The summed E-state index contributed by atoms with van der Waals surface area (Å²) in [5, 5.41) is 6.85. The number of hydrogen-bond acceptors (Lipinski definition) is 3. The quantitative estimate of drug-likeness (QED) is 0.800. The molecule has 1 aromatic heterocycles. The fraction of sp³-hybridized carbons (Fsp3) is 0.500. The summed E-state index contributed by atoms with van der Waals surface area (Å²) in [6.07, 6.45) is 3.06. The smallest absolute Gasteiger partial charge is 0.106 e. The molecule has 2 rings (SSSR count). The van der Waals surface area contributed by atoms with Gasteiger partial charge in [0.1, 0.15) is 4.60 Å². The fourth-order valence-electron chi connectivity index (χ4n) is 1.64. The summed E-state index contributed by atoms with van der Waals surface area (Å²) in [5.41, 5.74) is 1.28. The van der Waals surface area contributed by atoms with Crippen molar-refractivity contribution in [3.8, 4) is 0 Å². The zero-order valence-corrected chi connectivity index (χ0v) is 9.55. The first-order valence-corrected chi connectivity index (χ1v) is 5.68. The van der Waals surface area contributed by atoms with Crippen molar-refractivity contribution in [2.75, 3.05) is 13.1 Å². The van der Waals surface area contributed by atoms with E-state index in [1.54, 1.807) is 0 Å². The van der Waals surface area contributed by atoms with Gasteiger partial charge >= 0.3 is 0 Å². The molecule has 1 aliphatic rings. The maximum atomic E-state index is 4.10. The highest BCUT2D eigenvalue weighted by molar-refractivity contribution is 9.10. The van der Waals surface area contributed by atoms with E-state index in [0.717, 1.165) is 24.2 Å². The number of pyridine rings is 1. The Morgan fingerprint density at radius 2 is 2.57 bits per heavy atom. The number of aromatic nitrogens is 1. The molecule has 2 heterocycles. The third-order valence-corrected chi connectivity index (χ3v) is 2.88. The van der Waals surface area contributed by atoms with Crippen LogP contribution >= 0.6 is 15.9 Å². The fourth-order valence-corrected chi connectivity index (χ4v) is 2.06. The van der Waals surface area contributed by atoms with Crippen LogP contribution in [0.2, 0.25) is 0 Å². The van der Waals surface area contributed by atoms with Gasteiger partial charge in [-0.15, -0.1) is 0 Å². The van der Waals surface area contributed by atoms with Crippen molar-refractivity contribution >= 4 is 15.9 Å². The molecular formula is C10H14BrN3. The van der Waals surface area contributed by atoms with Crippen LogP contribution in [0.15, 0.2) is 22.9 Å². The van der Waals surface area contributed by atoms with Crippen LogP contribution < -0.4 is 10.6 Å². The Hall–Kier alpha value is -0.450. The molecule has 0 bridgehead atoms. The number of halogens is 1. The van der Waals surface area contributed by atoms with Crippen LogP contribution in [-0.4, -0.2) is 24.1 Å². The van der Waals surface area contributed by atoms with Crippen LogP contribution in [0.1, 0.15) is 12.0 Å². The van der Waals surface area contributed by atoms with Crippen LogP contribution in [0, 0.1) is 0 Å². The minimum atomic E-state index is 0.627. The number of hydrogen-bond donors (Lipinski definition) is 2. The maximum absolute atomic E-state index is 4.10. The molecule has 0 radical (unpaired) electrons. The van der Waals surface area contributed by atoms with E-state index in [1.165, 1.54) is 12.0 Å². The highest BCUT2D eigenvalue weighted by Gasteiger charge is 2.12. The third-order valence-electron chi connectivity index (χ3n) is 2.45. The lowest BCUT2D eigenvalue weighted by Crippen LogP contribution is -2.30. The Balaban J connectivity index is 1.85. The van der Waals surface area contributed by atoms with Gasteiger partial charge in [-0.1, -0.05) is 0 Å². The lowest BCUT2D eigenvalue weighted by atomic mass is 10.2. The van der Waals surface area contributed by atoms with Gasteiger partial charge in [-0.3, -0.25) is 0 Å². The normalized spacial score (nSPS) is 21.4.